The SMILES string of the molecule is CCCC[N+](CCCC)(CCP(=O)(OCC)OCC)CC1CO1.[Cl-]. The number of halogens is 1. The maximum atomic E-state index is 12.8. The minimum Gasteiger partial charge on any atom is -1.00 e. The summed E-state index contributed by atoms with van der Waals surface area (Å²) in [6, 6.07) is 0. The topological polar surface area (TPSA) is 48.1 Å². The number of hydrogen-bond donors (Lipinski definition) is 0. The van der Waals surface area contributed by atoms with Crippen LogP contribution < -0.4 is 12.4 Å². The van der Waals surface area contributed by atoms with Crippen LogP contribution in [0.4, 0.5) is 0 Å². The van der Waals surface area contributed by atoms with Crippen LogP contribution in [0.2, 0.25) is 0 Å². The van der Waals surface area contributed by atoms with Gasteiger partial charge in [0.05, 0.1) is 45.6 Å². The molecule has 1 saturated heterocycles. The molecule has 0 aromatic heterocycles. The van der Waals surface area contributed by atoms with E-state index >= 15 is 0 Å². The quantitative estimate of drug-likeness (QED) is 0.240. The molecule has 0 spiro atoms. The molecular formula is C17H37ClNO4P. The minimum atomic E-state index is -2.96. The van der Waals surface area contributed by atoms with Crippen LogP contribution in [0.25, 0.3) is 0 Å². The Morgan fingerprint density at radius 1 is 1.00 bits per heavy atom. The first kappa shape index (κ1) is 24.4. The highest BCUT2D eigenvalue weighted by Crippen LogP contribution is 2.48. The summed E-state index contributed by atoms with van der Waals surface area (Å²) in [5.41, 5.74) is 0. The summed E-state index contributed by atoms with van der Waals surface area (Å²) < 4.78 is 30.3. The van der Waals surface area contributed by atoms with Crippen LogP contribution >= 0.6 is 7.60 Å². The average molecular weight is 386 g/mol. The summed E-state index contributed by atoms with van der Waals surface area (Å²) in [6.07, 6.45) is 5.67. The van der Waals surface area contributed by atoms with E-state index < -0.39 is 7.60 Å². The lowest BCUT2D eigenvalue weighted by Crippen LogP contribution is -3.00. The van der Waals surface area contributed by atoms with Crippen LogP contribution in [0.5, 0.6) is 0 Å². The molecule has 5 nitrogen and oxygen atoms in total. The highest BCUT2D eigenvalue weighted by Gasteiger charge is 2.38. The van der Waals surface area contributed by atoms with E-state index in [0.29, 0.717) is 25.5 Å². The Kier molecular flexibility index (Phi) is 12.9. The number of nitrogens with zero attached hydrogens (tertiary/aromatic N) is 1. The molecule has 1 atom stereocenters. The van der Waals surface area contributed by atoms with Crippen molar-refractivity contribution >= 4 is 7.60 Å². The average Bonchev–Trinajstić information content (AvgIpc) is 3.33. The van der Waals surface area contributed by atoms with Gasteiger partial charge < -0.3 is 30.7 Å². The molecule has 0 amide bonds. The summed E-state index contributed by atoms with van der Waals surface area (Å²) in [5.74, 6) is 0. The molecule has 0 N–H and O–H groups in total. The fraction of sp³-hybridized carbons (Fsp3) is 1.00. The molecule has 146 valence electrons. The van der Waals surface area contributed by atoms with Gasteiger partial charge in [0.1, 0.15) is 12.6 Å². The second-order valence-electron chi connectivity index (χ2n) is 6.53. The van der Waals surface area contributed by atoms with Crippen LogP contribution in [-0.4, -0.2) is 62.7 Å². The van der Waals surface area contributed by atoms with Crippen LogP contribution in [0.15, 0.2) is 0 Å². The van der Waals surface area contributed by atoms with E-state index in [0.717, 1.165) is 37.3 Å². The van der Waals surface area contributed by atoms with E-state index in [4.69, 9.17) is 13.8 Å². The molecule has 0 aromatic carbocycles. The van der Waals surface area contributed by atoms with Crippen molar-refractivity contribution in [2.24, 2.45) is 0 Å². The van der Waals surface area contributed by atoms with Crippen LogP contribution in [-0.2, 0) is 18.3 Å². The van der Waals surface area contributed by atoms with E-state index in [-0.39, 0.29) is 12.4 Å². The van der Waals surface area contributed by atoms with Crippen molar-refractivity contribution in [2.75, 3.05) is 52.2 Å². The molecule has 0 saturated carbocycles. The van der Waals surface area contributed by atoms with Gasteiger partial charge in [-0.15, -0.1) is 0 Å². The zero-order valence-electron chi connectivity index (χ0n) is 16.0. The number of ether oxygens (including phenoxy) is 1. The summed E-state index contributed by atoms with van der Waals surface area (Å²) >= 11 is 0. The monoisotopic (exact) mass is 385 g/mol. The molecule has 7 heteroatoms. The molecule has 0 bridgehead atoms. The standard InChI is InChI=1S/C17H37NO4P.ClH/c1-5-9-11-18(12-10-6-2,15-17-16-20-17)13-14-23(19,21-7-3)22-8-4;/h17H,5-16H2,1-4H3;1H/q+1;/p-1. The van der Waals surface area contributed by atoms with Crippen LogP contribution in [0, 0.1) is 0 Å². The van der Waals surface area contributed by atoms with E-state index in [1.54, 1.807) is 0 Å². The molecule has 1 aliphatic heterocycles. The van der Waals surface area contributed by atoms with Crippen LogP contribution in [0.1, 0.15) is 53.4 Å². The van der Waals surface area contributed by atoms with Gasteiger partial charge in [-0.25, -0.2) is 0 Å². The lowest BCUT2D eigenvalue weighted by atomic mass is 10.2. The molecule has 0 aliphatic carbocycles. The molecule has 1 fully saturated rings. The molecule has 1 heterocycles. The number of epoxide rings is 1. The van der Waals surface area contributed by atoms with E-state index in [1.165, 1.54) is 25.7 Å². The number of hydrogen-bond acceptors (Lipinski definition) is 4. The molecule has 1 rings (SSSR count). The molecular weight excluding hydrogens is 349 g/mol. The Morgan fingerprint density at radius 3 is 1.88 bits per heavy atom. The van der Waals surface area contributed by atoms with Gasteiger partial charge in [-0.2, -0.15) is 0 Å². The summed E-state index contributed by atoms with van der Waals surface area (Å²) in [5, 5.41) is 0. The summed E-state index contributed by atoms with van der Waals surface area (Å²) in [7, 11) is -2.96. The number of unbranched alkanes of at least 4 members (excludes halogenated alkanes) is 2. The van der Waals surface area contributed by atoms with Crippen molar-refractivity contribution < 1.29 is 35.2 Å². The summed E-state index contributed by atoms with van der Waals surface area (Å²) in [4.78, 5) is 0. The lowest BCUT2D eigenvalue weighted by Gasteiger charge is -2.39. The number of quaternary nitrogens is 1. The van der Waals surface area contributed by atoms with Crippen LogP contribution in [0.3, 0.4) is 0 Å². The maximum absolute atomic E-state index is 12.8. The van der Waals surface area contributed by atoms with Gasteiger partial charge in [-0.3, -0.25) is 4.57 Å². The second-order valence-corrected chi connectivity index (χ2v) is 8.71. The summed E-state index contributed by atoms with van der Waals surface area (Å²) in [6.45, 7) is 14.1. The van der Waals surface area contributed by atoms with Gasteiger partial charge in [0.25, 0.3) is 0 Å². The third-order valence-corrected chi connectivity index (χ3v) is 6.52. The first-order valence-electron chi connectivity index (χ1n) is 9.38. The maximum Gasteiger partial charge on any atom is 0.336 e. The highest BCUT2D eigenvalue weighted by molar-refractivity contribution is 7.53. The van der Waals surface area contributed by atoms with E-state index in [2.05, 4.69) is 13.8 Å². The van der Waals surface area contributed by atoms with Gasteiger partial charge in [0.15, 0.2) is 0 Å². The van der Waals surface area contributed by atoms with Crippen molar-refractivity contribution in [3.63, 3.8) is 0 Å². The predicted octanol–water partition coefficient (Wildman–Crippen LogP) is 1.07. The Balaban J connectivity index is 0.00000529. The Bertz CT molecular complexity index is 348. The third-order valence-electron chi connectivity index (χ3n) is 4.47. The van der Waals surface area contributed by atoms with Crippen molar-refractivity contribution in [1.82, 2.24) is 0 Å². The molecule has 1 aliphatic rings. The molecule has 0 aromatic rings. The van der Waals surface area contributed by atoms with Crippen molar-refractivity contribution in [3.05, 3.63) is 0 Å². The molecule has 1 unspecified atom stereocenters. The fourth-order valence-corrected chi connectivity index (χ4v) is 4.88. The minimum absolute atomic E-state index is 0. The second kappa shape index (κ2) is 12.7. The molecule has 0 radical (unpaired) electrons. The first-order chi connectivity index (χ1) is 11.0. The fourth-order valence-electron chi connectivity index (χ4n) is 3.10. The largest absolute Gasteiger partial charge is 1.00 e. The molecule has 24 heavy (non-hydrogen) atoms. The van der Waals surface area contributed by atoms with E-state index in [1.807, 2.05) is 13.8 Å². The van der Waals surface area contributed by atoms with Crippen molar-refractivity contribution in [2.45, 2.75) is 59.5 Å². The third kappa shape index (κ3) is 9.17. The van der Waals surface area contributed by atoms with Crippen molar-refractivity contribution in [3.8, 4) is 0 Å². The van der Waals surface area contributed by atoms with Gasteiger partial charge in [0.2, 0.25) is 0 Å². The lowest BCUT2D eigenvalue weighted by molar-refractivity contribution is -0.927. The first-order valence-corrected chi connectivity index (χ1v) is 11.1. The smallest absolute Gasteiger partial charge is 0.336 e. The number of rotatable bonds is 15. The van der Waals surface area contributed by atoms with Gasteiger partial charge in [0, 0.05) is 0 Å². The zero-order valence-corrected chi connectivity index (χ0v) is 17.6. The normalized spacial score (nSPS) is 17.6. The highest BCUT2D eigenvalue weighted by atomic mass is 35.5. The van der Waals surface area contributed by atoms with Gasteiger partial charge in [-0.05, 0) is 26.7 Å². The Hall–Kier alpha value is 0.360. The van der Waals surface area contributed by atoms with Gasteiger partial charge in [-0.1, -0.05) is 26.7 Å². The van der Waals surface area contributed by atoms with Crippen molar-refractivity contribution in [1.29, 1.82) is 0 Å². The van der Waals surface area contributed by atoms with Gasteiger partial charge >= 0.3 is 7.60 Å². The van der Waals surface area contributed by atoms with E-state index in [9.17, 15) is 4.57 Å². The Labute approximate surface area is 154 Å². The zero-order chi connectivity index (χ0) is 17.2. The predicted molar refractivity (Wildman–Crippen MR) is 95.0 cm³/mol. The Morgan fingerprint density at radius 2 is 1.50 bits per heavy atom.